The highest BCUT2D eigenvalue weighted by Crippen LogP contribution is 2.52. The Balaban J connectivity index is 2.11. The molecule has 0 saturated heterocycles. The fraction of sp³-hybridized carbons (Fsp3) is 0.154. The van der Waals surface area contributed by atoms with Crippen molar-refractivity contribution >= 4 is 17.3 Å². The Morgan fingerprint density at radius 3 is 2.23 bits per heavy atom. The highest BCUT2D eigenvalue weighted by Gasteiger charge is 2.35. The van der Waals surface area contributed by atoms with Crippen LogP contribution in [0.3, 0.4) is 0 Å². The van der Waals surface area contributed by atoms with Gasteiger partial charge in [0.25, 0.3) is 0 Å². The first-order valence-corrected chi connectivity index (χ1v) is 6.83. The first-order valence-electron chi connectivity index (χ1n) is 5.95. The fourth-order valence-electron chi connectivity index (χ4n) is 1.82. The predicted octanol–water partition coefficient (Wildman–Crippen LogP) is 4.38. The quantitative estimate of drug-likeness (QED) is 0.302. The van der Waals surface area contributed by atoms with E-state index in [2.05, 4.69) is 0 Å². The van der Waals surface area contributed by atoms with Crippen molar-refractivity contribution in [3.05, 3.63) is 33.5 Å². The maximum Gasteiger partial charge on any atom is 0.352 e. The second-order valence-corrected chi connectivity index (χ2v) is 4.98. The number of carbonyl (C=O) groups is 1. The van der Waals surface area contributed by atoms with E-state index in [0.717, 1.165) is 11.3 Å². The lowest BCUT2D eigenvalue weighted by atomic mass is 10.2. The van der Waals surface area contributed by atoms with E-state index in [1.54, 1.807) is 6.92 Å². The third-order valence-electron chi connectivity index (χ3n) is 2.77. The van der Waals surface area contributed by atoms with E-state index in [1.165, 1.54) is 5.38 Å². The summed E-state index contributed by atoms with van der Waals surface area (Å²) in [6, 6.07) is 0. The van der Waals surface area contributed by atoms with Crippen LogP contribution in [0.4, 0.5) is 17.6 Å². The van der Waals surface area contributed by atoms with Crippen LogP contribution in [0.2, 0.25) is 0 Å². The van der Waals surface area contributed by atoms with E-state index in [1.807, 2.05) is 0 Å². The molecule has 116 valence electrons. The maximum absolute atomic E-state index is 13.7. The molecule has 1 aromatic heterocycles. The lowest BCUT2D eigenvalue weighted by molar-refractivity contribution is 0.0528. The summed E-state index contributed by atoms with van der Waals surface area (Å²) < 4.78 is 68.6. The van der Waals surface area contributed by atoms with Gasteiger partial charge in [0.15, 0.2) is 16.4 Å². The van der Waals surface area contributed by atoms with Crippen molar-refractivity contribution in [2.45, 2.75) is 6.92 Å². The molecule has 2 heterocycles. The number of benzene rings is 1. The smallest absolute Gasteiger partial charge is 0.352 e. The minimum absolute atomic E-state index is 0.0629. The first-order chi connectivity index (χ1) is 10.5. The van der Waals surface area contributed by atoms with Gasteiger partial charge in [-0.2, -0.15) is 8.78 Å². The molecular weight excluding hydrogens is 328 g/mol. The van der Waals surface area contributed by atoms with E-state index >= 15 is 0 Å². The number of hydrogen-bond acceptors (Lipinski definition) is 5. The van der Waals surface area contributed by atoms with Gasteiger partial charge in [0.2, 0.25) is 34.8 Å². The average Bonchev–Trinajstić information content (AvgIpc) is 2.92. The van der Waals surface area contributed by atoms with Crippen LogP contribution < -0.4 is 9.47 Å². The zero-order valence-corrected chi connectivity index (χ0v) is 11.7. The van der Waals surface area contributed by atoms with Gasteiger partial charge in [-0.1, -0.05) is 0 Å². The zero-order chi connectivity index (χ0) is 16.0. The average molecular weight is 334 g/mol. The number of fused-ring (bicyclic) bond motifs is 2. The van der Waals surface area contributed by atoms with Gasteiger partial charge < -0.3 is 14.2 Å². The summed E-state index contributed by atoms with van der Waals surface area (Å²) in [5.74, 6) is -10.5. The van der Waals surface area contributed by atoms with Gasteiger partial charge >= 0.3 is 5.97 Å². The summed E-state index contributed by atoms with van der Waals surface area (Å²) in [6.45, 7) is 1.67. The van der Waals surface area contributed by atoms with E-state index < -0.39 is 40.7 Å². The fourth-order valence-corrected chi connectivity index (χ4v) is 2.61. The number of hydrogen-bond donors (Lipinski definition) is 0. The van der Waals surface area contributed by atoms with Crippen LogP contribution in [0.25, 0.3) is 0 Å². The normalized spacial score (nSPS) is 12.0. The van der Waals surface area contributed by atoms with E-state index in [0.29, 0.717) is 0 Å². The van der Waals surface area contributed by atoms with Crippen LogP contribution in [-0.4, -0.2) is 12.6 Å². The van der Waals surface area contributed by atoms with Crippen LogP contribution in [0, 0.1) is 23.3 Å². The van der Waals surface area contributed by atoms with Crippen molar-refractivity contribution in [1.82, 2.24) is 0 Å². The van der Waals surface area contributed by atoms with Crippen molar-refractivity contribution in [1.29, 1.82) is 0 Å². The molecule has 0 radical (unpaired) electrons. The Hall–Kier alpha value is -2.29. The molecule has 0 atom stereocenters. The highest BCUT2D eigenvalue weighted by atomic mass is 32.1. The van der Waals surface area contributed by atoms with Crippen LogP contribution in [0.15, 0.2) is 5.38 Å². The standard InChI is InChI=1S/C13H6F4O4S/c1-2-19-13(18)12-9-4(3-22-12)20-10-7(16)5(14)6(15)8(17)11(10)21-9/h3H,2H2,1H3. The van der Waals surface area contributed by atoms with Crippen molar-refractivity contribution in [3.8, 4) is 23.0 Å². The van der Waals surface area contributed by atoms with Gasteiger partial charge in [0.05, 0.1) is 6.61 Å². The summed E-state index contributed by atoms with van der Waals surface area (Å²) in [5, 5.41) is 1.28. The lowest BCUT2D eigenvalue weighted by Crippen LogP contribution is -2.09. The molecule has 0 aliphatic carbocycles. The number of carbonyl (C=O) groups excluding carboxylic acids is 1. The Kier molecular flexibility index (Phi) is 3.44. The largest absolute Gasteiger partial charge is 0.462 e. The molecule has 9 heteroatoms. The molecular formula is C13H6F4O4S. The molecule has 0 spiro atoms. The monoisotopic (exact) mass is 334 g/mol. The molecule has 0 bridgehead atoms. The number of ether oxygens (including phenoxy) is 3. The molecule has 0 unspecified atom stereocenters. The number of esters is 1. The topological polar surface area (TPSA) is 44.8 Å². The van der Waals surface area contributed by atoms with E-state index in [9.17, 15) is 22.4 Å². The van der Waals surface area contributed by atoms with Gasteiger partial charge in [-0.15, -0.1) is 11.3 Å². The molecule has 2 aromatic rings. The third-order valence-corrected chi connectivity index (χ3v) is 3.69. The highest BCUT2D eigenvalue weighted by molar-refractivity contribution is 7.12. The predicted molar refractivity (Wildman–Crippen MR) is 66.7 cm³/mol. The molecule has 0 amide bonds. The van der Waals surface area contributed by atoms with Gasteiger partial charge in [-0.3, -0.25) is 0 Å². The number of rotatable bonds is 2. The van der Waals surface area contributed by atoms with Crippen LogP contribution in [0.1, 0.15) is 16.6 Å². The summed E-state index contributed by atoms with van der Waals surface area (Å²) in [5.41, 5.74) is 0. The number of thiophene rings is 1. The van der Waals surface area contributed by atoms with Gasteiger partial charge in [0.1, 0.15) is 0 Å². The minimum atomic E-state index is -2.03. The van der Waals surface area contributed by atoms with Crippen molar-refractivity contribution < 1.29 is 36.6 Å². The number of halogens is 4. The summed E-state index contributed by atoms with van der Waals surface area (Å²) >= 11 is 0.847. The molecule has 0 saturated carbocycles. The Morgan fingerprint density at radius 1 is 1.05 bits per heavy atom. The van der Waals surface area contributed by atoms with Gasteiger partial charge in [-0.25, -0.2) is 13.6 Å². The molecule has 0 fully saturated rings. The van der Waals surface area contributed by atoms with Crippen molar-refractivity contribution in [2.24, 2.45) is 0 Å². The molecule has 22 heavy (non-hydrogen) atoms. The second-order valence-electron chi connectivity index (χ2n) is 4.10. The van der Waals surface area contributed by atoms with Crippen molar-refractivity contribution in [3.63, 3.8) is 0 Å². The van der Waals surface area contributed by atoms with Crippen molar-refractivity contribution in [2.75, 3.05) is 6.61 Å². The third kappa shape index (κ3) is 2.00. The van der Waals surface area contributed by atoms with E-state index in [4.69, 9.17) is 14.2 Å². The van der Waals surface area contributed by atoms with Gasteiger partial charge in [-0.05, 0) is 6.92 Å². The second kappa shape index (κ2) is 5.16. The molecule has 0 N–H and O–H groups in total. The molecule has 3 rings (SSSR count). The van der Waals surface area contributed by atoms with Crippen LogP contribution >= 0.6 is 11.3 Å². The SMILES string of the molecule is CCOC(=O)c1scc2c1Oc1c(F)c(F)c(F)c(F)c1O2. The maximum atomic E-state index is 13.7. The molecule has 1 aromatic carbocycles. The molecule has 4 nitrogen and oxygen atoms in total. The molecule has 1 aliphatic heterocycles. The minimum Gasteiger partial charge on any atom is -0.462 e. The first kappa shape index (κ1) is 14.6. The summed E-state index contributed by atoms with van der Waals surface area (Å²) in [6.07, 6.45) is 0. The van der Waals surface area contributed by atoms with Crippen LogP contribution in [-0.2, 0) is 4.74 Å². The molecule has 1 aliphatic rings. The Morgan fingerprint density at radius 2 is 1.64 bits per heavy atom. The lowest BCUT2D eigenvalue weighted by Gasteiger charge is -2.20. The van der Waals surface area contributed by atoms with E-state index in [-0.39, 0.29) is 23.0 Å². The summed E-state index contributed by atoms with van der Waals surface area (Å²) in [4.78, 5) is 11.7. The van der Waals surface area contributed by atoms with Crippen LogP contribution in [0.5, 0.6) is 23.0 Å². The van der Waals surface area contributed by atoms with Gasteiger partial charge in [0, 0.05) is 5.38 Å². The zero-order valence-electron chi connectivity index (χ0n) is 10.8. The Labute approximate surface area is 124 Å². The Bertz CT molecular complexity index is 787. The summed E-state index contributed by atoms with van der Waals surface area (Å²) in [7, 11) is 0.